The molecule has 1 aliphatic heterocycles. The zero-order valence-electron chi connectivity index (χ0n) is 19.3. The summed E-state index contributed by atoms with van der Waals surface area (Å²) in [4.78, 5) is 16.7. The average molecular weight is 473 g/mol. The van der Waals surface area contributed by atoms with Crippen LogP contribution in [0, 0.1) is 5.82 Å². The molecule has 0 atom stereocenters. The summed E-state index contributed by atoms with van der Waals surface area (Å²) in [5.41, 5.74) is 3.36. The third kappa shape index (κ3) is 5.16. The van der Waals surface area contributed by atoms with Gasteiger partial charge in [-0.05, 0) is 75.4 Å². The van der Waals surface area contributed by atoms with Gasteiger partial charge in [0.05, 0.1) is 12.3 Å². The second-order valence-corrected chi connectivity index (χ2v) is 10.1. The zero-order chi connectivity index (χ0) is 23.6. The summed E-state index contributed by atoms with van der Waals surface area (Å²) in [6.45, 7) is 6.37. The maximum absolute atomic E-state index is 14.8. The van der Waals surface area contributed by atoms with E-state index in [1.165, 1.54) is 5.56 Å². The third-order valence-corrected chi connectivity index (χ3v) is 6.40. The number of nitrogens with one attached hydrogen (secondary N) is 1. The summed E-state index contributed by atoms with van der Waals surface area (Å²) < 4.78 is 25.7. The Kier molecular flexibility index (Phi) is 6.66. The zero-order valence-corrected chi connectivity index (χ0v) is 20.1. The van der Waals surface area contributed by atoms with E-state index in [1.807, 2.05) is 12.1 Å². The van der Waals surface area contributed by atoms with E-state index in [0.29, 0.717) is 18.0 Å². The van der Waals surface area contributed by atoms with Crippen LogP contribution < -0.4 is 10.1 Å². The van der Waals surface area contributed by atoms with E-state index in [9.17, 15) is 9.18 Å². The van der Waals surface area contributed by atoms with Crippen LogP contribution >= 0.6 is 11.6 Å². The summed E-state index contributed by atoms with van der Waals surface area (Å²) in [5, 5.41) is 3.33. The lowest BCUT2D eigenvalue weighted by molar-refractivity contribution is 0.0520. The summed E-state index contributed by atoms with van der Waals surface area (Å²) in [5.74, 6) is -0.235. The summed E-state index contributed by atoms with van der Waals surface area (Å²) in [7, 11) is 0. The van der Waals surface area contributed by atoms with Crippen LogP contribution in [-0.4, -0.2) is 37.1 Å². The molecule has 1 heterocycles. The number of rotatable bonds is 6. The van der Waals surface area contributed by atoms with Crippen molar-refractivity contribution in [2.24, 2.45) is 4.99 Å². The van der Waals surface area contributed by atoms with Crippen molar-refractivity contribution in [2.45, 2.75) is 57.5 Å². The van der Waals surface area contributed by atoms with Gasteiger partial charge in [0.15, 0.2) is 11.6 Å². The number of hydrogen-bond acceptors (Lipinski definition) is 4. The van der Waals surface area contributed by atoms with Gasteiger partial charge in [-0.3, -0.25) is 4.99 Å². The van der Waals surface area contributed by atoms with E-state index in [-0.39, 0.29) is 24.3 Å². The molecule has 0 spiro atoms. The van der Waals surface area contributed by atoms with E-state index in [1.54, 1.807) is 32.9 Å². The van der Waals surface area contributed by atoms with Crippen molar-refractivity contribution >= 4 is 23.4 Å². The molecule has 1 amide bonds. The number of ether oxygens (including phenoxy) is 2. The van der Waals surface area contributed by atoms with Gasteiger partial charge in [0.25, 0.3) is 0 Å². The Bertz CT molecular complexity index is 1060. The standard InChI is InChI=1S/C26H30ClFN2O3/c1-25(2,3)33-24(31)30-13-14-32-22-16-20-17(15-21(22)28)9-12-29-23(20)26(10-4-11-26)18-5-7-19(27)8-6-18/h5-8,15-16H,4,9-14H2,1-3H3,(H,30,31). The molecule has 1 N–H and O–H groups in total. The van der Waals surface area contributed by atoms with Gasteiger partial charge in [0.2, 0.25) is 0 Å². The van der Waals surface area contributed by atoms with Crippen LogP contribution in [0.15, 0.2) is 41.4 Å². The lowest BCUT2D eigenvalue weighted by Crippen LogP contribution is -2.44. The highest BCUT2D eigenvalue weighted by atomic mass is 35.5. The van der Waals surface area contributed by atoms with Crippen LogP contribution in [0.25, 0.3) is 0 Å². The predicted molar refractivity (Wildman–Crippen MR) is 128 cm³/mol. The Hall–Kier alpha value is -2.60. The Morgan fingerprint density at radius 3 is 2.58 bits per heavy atom. The molecule has 0 saturated heterocycles. The van der Waals surface area contributed by atoms with Crippen LogP contribution in [0.5, 0.6) is 5.75 Å². The predicted octanol–water partition coefficient (Wildman–Crippen LogP) is 5.85. The highest BCUT2D eigenvalue weighted by molar-refractivity contribution is 6.30. The van der Waals surface area contributed by atoms with Gasteiger partial charge in [-0.2, -0.15) is 0 Å². The number of alkyl carbamates (subject to hydrolysis) is 1. The van der Waals surface area contributed by atoms with Crippen molar-refractivity contribution in [1.29, 1.82) is 0 Å². The molecule has 1 fully saturated rings. The maximum atomic E-state index is 14.8. The first-order valence-corrected chi connectivity index (χ1v) is 11.8. The van der Waals surface area contributed by atoms with E-state index in [0.717, 1.165) is 36.1 Å². The minimum Gasteiger partial charge on any atom is -0.489 e. The summed E-state index contributed by atoms with van der Waals surface area (Å²) in [6, 6.07) is 11.3. The number of benzene rings is 2. The number of amides is 1. The topological polar surface area (TPSA) is 59.9 Å². The van der Waals surface area contributed by atoms with Crippen molar-refractivity contribution < 1.29 is 18.7 Å². The van der Waals surface area contributed by atoms with E-state index < -0.39 is 17.5 Å². The second kappa shape index (κ2) is 9.34. The first kappa shape index (κ1) is 23.6. The number of carbonyl (C=O) groups is 1. The first-order valence-electron chi connectivity index (χ1n) is 11.4. The molecule has 1 saturated carbocycles. The normalized spacial score (nSPS) is 16.8. The van der Waals surface area contributed by atoms with Crippen LogP contribution in [-0.2, 0) is 16.6 Å². The van der Waals surface area contributed by atoms with E-state index in [4.69, 9.17) is 26.1 Å². The maximum Gasteiger partial charge on any atom is 0.407 e. The lowest BCUT2D eigenvalue weighted by atomic mass is 9.59. The molecule has 0 aromatic heterocycles. The van der Waals surface area contributed by atoms with Gasteiger partial charge in [0.1, 0.15) is 12.2 Å². The molecule has 33 heavy (non-hydrogen) atoms. The third-order valence-electron chi connectivity index (χ3n) is 6.15. The van der Waals surface area contributed by atoms with E-state index in [2.05, 4.69) is 17.4 Å². The molecule has 4 rings (SSSR count). The fourth-order valence-electron chi connectivity index (χ4n) is 4.50. The number of halogens is 2. The van der Waals surface area contributed by atoms with Crippen LogP contribution in [0.4, 0.5) is 9.18 Å². The van der Waals surface area contributed by atoms with Crippen LogP contribution in [0.2, 0.25) is 5.02 Å². The number of hydrogen-bond donors (Lipinski definition) is 1. The number of aliphatic imine (C=N–C) groups is 1. The van der Waals surface area contributed by atoms with Crippen molar-refractivity contribution in [3.8, 4) is 5.75 Å². The van der Waals surface area contributed by atoms with Gasteiger partial charge < -0.3 is 14.8 Å². The number of nitrogens with zero attached hydrogens (tertiary/aromatic N) is 1. The molecule has 0 unspecified atom stereocenters. The molecular formula is C26H30ClFN2O3. The Morgan fingerprint density at radius 2 is 1.94 bits per heavy atom. The van der Waals surface area contributed by atoms with Gasteiger partial charge in [-0.1, -0.05) is 30.2 Å². The average Bonchev–Trinajstić information content (AvgIpc) is 2.71. The highest BCUT2D eigenvalue weighted by Gasteiger charge is 2.45. The smallest absolute Gasteiger partial charge is 0.407 e. The summed E-state index contributed by atoms with van der Waals surface area (Å²) in [6.07, 6.45) is 3.30. The quantitative estimate of drug-likeness (QED) is 0.536. The molecule has 0 radical (unpaired) electrons. The minimum absolute atomic E-state index is 0.129. The monoisotopic (exact) mass is 472 g/mol. The Morgan fingerprint density at radius 1 is 1.21 bits per heavy atom. The molecule has 2 aromatic rings. The Balaban J connectivity index is 1.51. The number of carbonyl (C=O) groups excluding carboxylic acids is 1. The molecule has 0 bridgehead atoms. The molecule has 1 aliphatic carbocycles. The second-order valence-electron chi connectivity index (χ2n) is 9.64. The van der Waals surface area contributed by atoms with Crippen molar-refractivity contribution in [3.05, 3.63) is 63.9 Å². The van der Waals surface area contributed by atoms with Crippen molar-refractivity contribution in [1.82, 2.24) is 5.32 Å². The van der Waals surface area contributed by atoms with E-state index >= 15 is 0 Å². The molecular weight excluding hydrogens is 443 g/mol. The van der Waals surface area contributed by atoms with Crippen LogP contribution in [0.1, 0.15) is 56.7 Å². The molecule has 2 aliphatic rings. The lowest BCUT2D eigenvalue weighted by Gasteiger charge is -2.45. The van der Waals surface area contributed by atoms with Gasteiger partial charge >= 0.3 is 6.09 Å². The molecule has 7 heteroatoms. The fraction of sp³-hybridized carbons (Fsp3) is 0.462. The molecule has 2 aromatic carbocycles. The van der Waals surface area contributed by atoms with Crippen LogP contribution in [0.3, 0.4) is 0 Å². The van der Waals surface area contributed by atoms with Crippen molar-refractivity contribution in [2.75, 3.05) is 19.7 Å². The fourth-order valence-corrected chi connectivity index (χ4v) is 4.63. The SMILES string of the molecule is CC(C)(C)OC(=O)NCCOc1cc2c(cc1F)CCN=C2C1(c2ccc(Cl)cc2)CCC1. The summed E-state index contributed by atoms with van der Waals surface area (Å²) >= 11 is 6.12. The minimum atomic E-state index is -0.577. The molecule has 176 valence electrons. The first-order chi connectivity index (χ1) is 15.7. The largest absolute Gasteiger partial charge is 0.489 e. The van der Waals surface area contributed by atoms with Gasteiger partial charge in [-0.25, -0.2) is 9.18 Å². The Labute approximate surface area is 199 Å². The van der Waals surface area contributed by atoms with Crippen molar-refractivity contribution in [3.63, 3.8) is 0 Å². The highest BCUT2D eigenvalue weighted by Crippen LogP contribution is 2.48. The van der Waals surface area contributed by atoms with Gasteiger partial charge in [0, 0.05) is 22.5 Å². The number of fused-ring (bicyclic) bond motifs is 1. The van der Waals surface area contributed by atoms with Gasteiger partial charge in [-0.15, -0.1) is 0 Å². The molecule has 5 nitrogen and oxygen atoms in total.